The first-order valence-corrected chi connectivity index (χ1v) is 8.74. The Balaban J connectivity index is 1.86. The molecule has 3 rings (SSSR count). The molecule has 2 aromatic carbocycles. The zero-order valence-corrected chi connectivity index (χ0v) is 16.1. The lowest BCUT2D eigenvalue weighted by atomic mass is 10.1. The Kier molecular flexibility index (Phi) is 5.50. The number of benzene rings is 2. The summed E-state index contributed by atoms with van der Waals surface area (Å²) in [6.07, 6.45) is 3.95. The summed E-state index contributed by atoms with van der Waals surface area (Å²) in [6.45, 7) is 2.46. The minimum absolute atomic E-state index is 0.0479. The van der Waals surface area contributed by atoms with E-state index in [1.807, 2.05) is 72.4 Å². The normalized spacial score (nSPS) is 10.5. The van der Waals surface area contributed by atoms with Crippen LogP contribution in [0, 0.1) is 6.92 Å². The van der Waals surface area contributed by atoms with Crippen molar-refractivity contribution in [2.24, 2.45) is 0 Å². The Morgan fingerprint density at radius 3 is 2.44 bits per heavy atom. The van der Waals surface area contributed by atoms with E-state index in [1.165, 1.54) is 0 Å². The third kappa shape index (κ3) is 3.82. The van der Waals surface area contributed by atoms with Gasteiger partial charge in [-0.2, -0.15) is 0 Å². The van der Waals surface area contributed by atoms with E-state index in [-0.39, 0.29) is 5.91 Å². The van der Waals surface area contributed by atoms with Gasteiger partial charge in [-0.25, -0.2) is 0 Å². The van der Waals surface area contributed by atoms with Crippen molar-refractivity contribution in [3.63, 3.8) is 0 Å². The number of aromatic nitrogens is 1. The highest BCUT2D eigenvalue weighted by Gasteiger charge is 2.17. The maximum atomic E-state index is 13.0. The summed E-state index contributed by atoms with van der Waals surface area (Å²) in [7, 11) is 4.99. The van der Waals surface area contributed by atoms with Gasteiger partial charge in [0, 0.05) is 42.8 Å². The lowest BCUT2D eigenvalue weighted by Gasteiger charge is -2.20. The molecule has 0 bridgehead atoms. The minimum Gasteiger partial charge on any atom is -0.493 e. The van der Waals surface area contributed by atoms with E-state index in [1.54, 1.807) is 26.2 Å². The Morgan fingerprint density at radius 1 is 1.04 bits per heavy atom. The van der Waals surface area contributed by atoms with E-state index >= 15 is 0 Å². The van der Waals surface area contributed by atoms with Crippen LogP contribution in [0.2, 0.25) is 0 Å². The molecule has 1 heterocycles. The summed E-state index contributed by atoms with van der Waals surface area (Å²) in [5, 5.41) is 0. The summed E-state index contributed by atoms with van der Waals surface area (Å²) in [5.41, 5.74) is 3.65. The van der Waals surface area contributed by atoms with E-state index in [2.05, 4.69) is 0 Å². The highest BCUT2D eigenvalue weighted by molar-refractivity contribution is 5.94. The van der Waals surface area contributed by atoms with Gasteiger partial charge in [0.05, 0.1) is 14.2 Å². The molecule has 5 heteroatoms. The fourth-order valence-electron chi connectivity index (χ4n) is 3.14. The first kappa shape index (κ1) is 18.6. The summed E-state index contributed by atoms with van der Waals surface area (Å²) in [4.78, 5) is 14.7. The van der Waals surface area contributed by atoms with Crippen LogP contribution in [0.3, 0.4) is 0 Å². The second kappa shape index (κ2) is 7.99. The van der Waals surface area contributed by atoms with Gasteiger partial charge in [0.15, 0.2) is 11.5 Å². The lowest BCUT2D eigenvalue weighted by Crippen LogP contribution is -2.26. The van der Waals surface area contributed by atoms with Crippen LogP contribution in [0.15, 0.2) is 60.9 Å². The van der Waals surface area contributed by atoms with Gasteiger partial charge in [-0.1, -0.05) is 18.2 Å². The standard InChI is InChI=1S/C22H24N2O3/c1-16-10-11-17(14-19(16)24-12-5-6-13-24)22(25)23(2)15-18-8-7-9-20(26-3)21(18)27-4/h5-14H,15H2,1-4H3. The number of para-hydroxylation sites is 1. The highest BCUT2D eigenvalue weighted by atomic mass is 16.5. The van der Waals surface area contributed by atoms with Crippen molar-refractivity contribution >= 4 is 5.91 Å². The Labute approximate surface area is 159 Å². The molecule has 1 amide bonds. The predicted molar refractivity (Wildman–Crippen MR) is 106 cm³/mol. The third-order valence-electron chi connectivity index (χ3n) is 4.58. The zero-order chi connectivity index (χ0) is 19.4. The van der Waals surface area contributed by atoms with Gasteiger partial charge in [-0.3, -0.25) is 4.79 Å². The SMILES string of the molecule is COc1cccc(CN(C)C(=O)c2ccc(C)c(-n3cccc3)c2)c1OC. The number of ether oxygens (including phenoxy) is 2. The molecular weight excluding hydrogens is 340 g/mol. The molecule has 0 radical (unpaired) electrons. The van der Waals surface area contributed by atoms with Gasteiger partial charge in [-0.15, -0.1) is 0 Å². The molecule has 0 saturated heterocycles. The summed E-state index contributed by atoms with van der Waals surface area (Å²) in [5.74, 6) is 1.26. The first-order chi connectivity index (χ1) is 13.0. The van der Waals surface area contributed by atoms with Crippen molar-refractivity contribution in [3.8, 4) is 17.2 Å². The third-order valence-corrected chi connectivity index (χ3v) is 4.58. The van der Waals surface area contributed by atoms with Crippen LogP contribution >= 0.6 is 0 Å². The number of hydrogen-bond donors (Lipinski definition) is 0. The van der Waals surface area contributed by atoms with Crippen LogP contribution in [0.5, 0.6) is 11.5 Å². The van der Waals surface area contributed by atoms with E-state index in [0.29, 0.717) is 23.6 Å². The Hall–Kier alpha value is -3.21. The van der Waals surface area contributed by atoms with Crippen molar-refractivity contribution in [2.75, 3.05) is 21.3 Å². The van der Waals surface area contributed by atoms with Gasteiger partial charge in [0.1, 0.15) is 0 Å². The topological polar surface area (TPSA) is 43.7 Å². The maximum Gasteiger partial charge on any atom is 0.253 e. The number of carbonyl (C=O) groups is 1. The molecule has 27 heavy (non-hydrogen) atoms. The average Bonchev–Trinajstić information content (AvgIpc) is 3.22. The van der Waals surface area contributed by atoms with E-state index in [4.69, 9.17) is 9.47 Å². The quantitative estimate of drug-likeness (QED) is 0.662. The molecule has 0 aliphatic carbocycles. The maximum absolute atomic E-state index is 13.0. The average molecular weight is 364 g/mol. The van der Waals surface area contributed by atoms with Crippen LogP contribution in [-0.2, 0) is 6.54 Å². The molecular formula is C22H24N2O3. The first-order valence-electron chi connectivity index (χ1n) is 8.74. The van der Waals surface area contributed by atoms with Gasteiger partial charge in [0.25, 0.3) is 5.91 Å². The molecule has 0 atom stereocenters. The molecule has 0 unspecified atom stereocenters. The van der Waals surface area contributed by atoms with Crippen molar-refractivity contribution in [1.82, 2.24) is 9.47 Å². The number of hydrogen-bond acceptors (Lipinski definition) is 3. The number of amides is 1. The molecule has 0 saturated carbocycles. The molecule has 5 nitrogen and oxygen atoms in total. The smallest absolute Gasteiger partial charge is 0.253 e. The van der Waals surface area contributed by atoms with E-state index in [9.17, 15) is 4.79 Å². The lowest BCUT2D eigenvalue weighted by molar-refractivity contribution is 0.0784. The van der Waals surface area contributed by atoms with Gasteiger partial charge in [-0.05, 0) is 42.8 Å². The summed E-state index contributed by atoms with van der Waals surface area (Å²) in [6, 6.07) is 15.4. The molecule has 0 fully saturated rings. The van der Waals surface area contributed by atoms with Crippen molar-refractivity contribution in [1.29, 1.82) is 0 Å². The fourth-order valence-corrected chi connectivity index (χ4v) is 3.14. The number of carbonyl (C=O) groups excluding carboxylic acids is 1. The molecule has 0 spiro atoms. The largest absolute Gasteiger partial charge is 0.493 e. The number of nitrogens with zero attached hydrogens (tertiary/aromatic N) is 2. The number of aryl methyl sites for hydroxylation is 1. The molecule has 1 aromatic heterocycles. The molecule has 140 valence electrons. The van der Waals surface area contributed by atoms with Gasteiger partial charge < -0.3 is 18.9 Å². The van der Waals surface area contributed by atoms with Crippen LogP contribution < -0.4 is 9.47 Å². The predicted octanol–water partition coefficient (Wildman–Crippen LogP) is 4.08. The van der Waals surface area contributed by atoms with Gasteiger partial charge in [0.2, 0.25) is 0 Å². The molecule has 0 N–H and O–H groups in total. The van der Waals surface area contributed by atoms with E-state index in [0.717, 1.165) is 16.8 Å². The minimum atomic E-state index is -0.0479. The van der Waals surface area contributed by atoms with Gasteiger partial charge >= 0.3 is 0 Å². The van der Waals surface area contributed by atoms with Crippen LogP contribution in [-0.4, -0.2) is 36.6 Å². The van der Waals surface area contributed by atoms with Crippen LogP contribution in [0.25, 0.3) is 5.69 Å². The zero-order valence-electron chi connectivity index (χ0n) is 16.1. The monoisotopic (exact) mass is 364 g/mol. The van der Waals surface area contributed by atoms with Crippen molar-refractivity contribution in [2.45, 2.75) is 13.5 Å². The molecule has 0 aliphatic heterocycles. The van der Waals surface area contributed by atoms with Crippen LogP contribution in [0.4, 0.5) is 0 Å². The number of rotatable bonds is 6. The Bertz CT molecular complexity index is 933. The van der Waals surface area contributed by atoms with Crippen LogP contribution in [0.1, 0.15) is 21.5 Å². The summed E-state index contributed by atoms with van der Waals surface area (Å²) < 4.78 is 12.8. The second-order valence-corrected chi connectivity index (χ2v) is 6.41. The van der Waals surface area contributed by atoms with E-state index < -0.39 is 0 Å². The molecule has 3 aromatic rings. The molecule has 0 aliphatic rings. The highest BCUT2D eigenvalue weighted by Crippen LogP contribution is 2.31. The number of methoxy groups -OCH3 is 2. The summed E-state index contributed by atoms with van der Waals surface area (Å²) >= 11 is 0. The Morgan fingerprint density at radius 2 is 1.78 bits per heavy atom. The van der Waals surface area contributed by atoms with Crippen molar-refractivity contribution < 1.29 is 14.3 Å². The second-order valence-electron chi connectivity index (χ2n) is 6.41. The van der Waals surface area contributed by atoms with Crippen molar-refractivity contribution in [3.05, 3.63) is 77.6 Å². The fraction of sp³-hybridized carbons (Fsp3) is 0.227.